The molecule has 19 heavy (non-hydrogen) atoms. The van der Waals surface area contributed by atoms with Gasteiger partial charge in [0.2, 0.25) is 0 Å². The topological polar surface area (TPSA) is 55.6 Å². The lowest BCUT2D eigenvalue weighted by molar-refractivity contribution is -0.140. The lowest BCUT2D eigenvalue weighted by Gasteiger charge is -2.22. The van der Waals surface area contributed by atoms with E-state index in [4.69, 9.17) is 5.73 Å². The zero-order valence-electron chi connectivity index (χ0n) is 11.5. The predicted molar refractivity (Wildman–Crippen MR) is 75.5 cm³/mol. The van der Waals surface area contributed by atoms with E-state index in [9.17, 15) is 4.79 Å². The fourth-order valence-corrected chi connectivity index (χ4v) is 2.26. The van der Waals surface area contributed by atoms with Gasteiger partial charge < -0.3 is 10.5 Å². The molecule has 2 rings (SSSR count). The summed E-state index contributed by atoms with van der Waals surface area (Å²) in [6, 6.07) is 8.65. The smallest absolute Gasteiger partial charge is 0.305 e. The number of methoxy groups -OCH3 is 1. The highest BCUT2D eigenvalue weighted by Crippen LogP contribution is 2.29. The van der Waals surface area contributed by atoms with Crippen molar-refractivity contribution in [3.63, 3.8) is 0 Å². The largest absolute Gasteiger partial charge is 0.469 e. The summed E-state index contributed by atoms with van der Waals surface area (Å²) >= 11 is 0. The van der Waals surface area contributed by atoms with E-state index in [1.54, 1.807) is 0 Å². The van der Waals surface area contributed by atoms with Crippen LogP contribution in [0.1, 0.15) is 31.2 Å². The molecule has 4 heteroatoms. The molecule has 0 atom stereocenters. The molecule has 104 valence electrons. The molecule has 1 fully saturated rings. The molecule has 1 aromatic rings. The fraction of sp³-hybridized carbons (Fsp3) is 0.533. The number of rotatable bonds is 7. The number of para-hydroxylation sites is 1. The van der Waals surface area contributed by atoms with Crippen LogP contribution in [0.2, 0.25) is 0 Å². The first-order valence-corrected chi connectivity index (χ1v) is 6.85. The molecule has 0 spiro atoms. The molecule has 0 amide bonds. The van der Waals surface area contributed by atoms with Crippen molar-refractivity contribution in [2.75, 3.05) is 19.4 Å². The molecular formula is C15H22N2O2. The SMILES string of the molecule is COC(=O)CCCN(Cc1ccccc1N)C1CC1. The van der Waals surface area contributed by atoms with Crippen molar-refractivity contribution >= 4 is 11.7 Å². The van der Waals surface area contributed by atoms with E-state index in [1.807, 2.05) is 18.2 Å². The van der Waals surface area contributed by atoms with Crippen molar-refractivity contribution in [2.45, 2.75) is 38.3 Å². The molecule has 0 aliphatic heterocycles. The van der Waals surface area contributed by atoms with Gasteiger partial charge in [0.15, 0.2) is 0 Å². The van der Waals surface area contributed by atoms with Crippen molar-refractivity contribution in [1.82, 2.24) is 4.90 Å². The minimum Gasteiger partial charge on any atom is -0.469 e. The Hall–Kier alpha value is -1.55. The van der Waals surface area contributed by atoms with E-state index in [2.05, 4.69) is 15.7 Å². The second-order valence-corrected chi connectivity index (χ2v) is 5.08. The molecule has 0 heterocycles. The molecule has 1 aliphatic rings. The Morgan fingerprint density at radius 3 is 2.79 bits per heavy atom. The fourth-order valence-electron chi connectivity index (χ4n) is 2.26. The number of carbonyl (C=O) groups is 1. The van der Waals surface area contributed by atoms with Gasteiger partial charge in [0, 0.05) is 24.7 Å². The molecule has 0 radical (unpaired) electrons. The van der Waals surface area contributed by atoms with Gasteiger partial charge in [-0.15, -0.1) is 0 Å². The van der Waals surface area contributed by atoms with E-state index in [1.165, 1.54) is 25.5 Å². The first-order chi connectivity index (χ1) is 9.20. The van der Waals surface area contributed by atoms with Gasteiger partial charge in [-0.2, -0.15) is 0 Å². The zero-order chi connectivity index (χ0) is 13.7. The van der Waals surface area contributed by atoms with Crippen molar-refractivity contribution in [1.29, 1.82) is 0 Å². The van der Waals surface area contributed by atoms with Crippen LogP contribution in [0.25, 0.3) is 0 Å². The highest BCUT2D eigenvalue weighted by molar-refractivity contribution is 5.69. The van der Waals surface area contributed by atoms with E-state index in [-0.39, 0.29) is 5.97 Å². The molecule has 1 saturated carbocycles. The van der Waals surface area contributed by atoms with Crippen LogP contribution < -0.4 is 5.73 Å². The van der Waals surface area contributed by atoms with Crippen molar-refractivity contribution < 1.29 is 9.53 Å². The number of nitrogens with two attached hydrogens (primary N) is 1. The second-order valence-electron chi connectivity index (χ2n) is 5.08. The lowest BCUT2D eigenvalue weighted by atomic mass is 10.1. The first kappa shape index (κ1) is 13.9. The summed E-state index contributed by atoms with van der Waals surface area (Å²) in [6.07, 6.45) is 3.84. The summed E-state index contributed by atoms with van der Waals surface area (Å²) in [5, 5.41) is 0. The lowest BCUT2D eigenvalue weighted by Crippen LogP contribution is -2.27. The highest BCUT2D eigenvalue weighted by Gasteiger charge is 2.28. The van der Waals surface area contributed by atoms with Gasteiger partial charge in [0.25, 0.3) is 0 Å². The molecule has 2 N–H and O–H groups in total. The average molecular weight is 262 g/mol. The Morgan fingerprint density at radius 1 is 1.42 bits per heavy atom. The van der Waals surface area contributed by atoms with Crippen LogP contribution >= 0.6 is 0 Å². The quantitative estimate of drug-likeness (QED) is 0.604. The van der Waals surface area contributed by atoms with Crippen molar-refractivity contribution in [3.8, 4) is 0 Å². The molecule has 0 bridgehead atoms. The van der Waals surface area contributed by atoms with Crippen molar-refractivity contribution in [3.05, 3.63) is 29.8 Å². The maximum absolute atomic E-state index is 11.1. The molecule has 1 aromatic carbocycles. The Labute approximate surface area is 114 Å². The zero-order valence-corrected chi connectivity index (χ0v) is 11.5. The summed E-state index contributed by atoms with van der Waals surface area (Å²) in [5.41, 5.74) is 8.01. The third-order valence-electron chi connectivity index (χ3n) is 3.55. The molecule has 0 aromatic heterocycles. The minimum atomic E-state index is -0.130. The number of hydrogen-bond donors (Lipinski definition) is 1. The standard InChI is InChI=1S/C15H22N2O2/c1-19-15(18)7-4-10-17(13-8-9-13)11-12-5-2-3-6-14(12)16/h2-3,5-6,13H,4,7-11,16H2,1H3. The number of nitrogens with zero attached hydrogens (tertiary/aromatic N) is 1. The predicted octanol–water partition coefficient (Wildman–Crippen LogP) is 2.19. The van der Waals surface area contributed by atoms with Gasteiger partial charge >= 0.3 is 5.97 Å². The van der Waals surface area contributed by atoms with E-state index >= 15 is 0 Å². The van der Waals surface area contributed by atoms with Gasteiger partial charge in [-0.05, 0) is 37.4 Å². The number of esters is 1. The van der Waals surface area contributed by atoms with Crippen LogP contribution in [-0.4, -0.2) is 30.6 Å². The Morgan fingerprint density at radius 2 is 2.16 bits per heavy atom. The third kappa shape index (κ3) is 4.24. The Balaban J connectivity index is 1.86. The van der Waals surface area contributed by atoms with Crippen molar-refractivity contribution in [2.24, 2.45) is 0 Å². The van der Waals surface area contributed by atoms with Crippen LogP contribution in [0.5, 0.6) is 0 Å². The van der Waals surface area contributed by atoms with E-state index < -0.39 is 0 Å². The molecular weight excluding hydrogens is 240 g/mol. The maximum Gasteiger partial charge on any atom is 0.305 e. The minimum absolute atomic E-state index is 0.130. The van der Waals surface area contributed by atoms with Crippen LogP contribution in [0.15, 0.2) is 24.3 Å². The number of carbonyl (C=O) groups excluding carboxylic acids is 1. The van der Waals surface area contributed by atoms with Gasteiger partial charge in [0.05, 0.1) is 7.11 Å². The van der Waals surface area contributed by atoms with Crippen LogP contribution in [0.4, 0.5) is 5.69 Å². The first-order valence-electron chi connectivity index (χ1n) is 6.85. The van der Waals surface area contributed by atoms with E-state index in [0.717, 1.165) is 25.2 Å². The van der Waals surface area contributed by atoms with Gasteiger partial charge in [-0.25, -0.2) is 0 Å². The maximum atomic E-state index is 11.1. The normalized spacial score (nSPS) is 14.6. The second kappa shape index (κ2) is 6.57. The summed E-state index contributed by atoms with van der Waals surface area (Å²) in [5.74, 6) is -0.130. The Kier molecular flexibility index (Phi) is 4.80. The van der Waals surface area contributed by atoms with Gasteiger partial charge in [-0.3, -0.25) is 9.69 Å². The summed E-state index contributed by atoms with van der Waals surface area (Å²) in [4.78, 5) is 13.6. The summed E-state index contributed by atoms with van der Waals surface area (Å²) in [6.45, 7) is 1.80. The summed E-state index contributed by atoms with van der Waals surface area (Å²) < 4.78 is 4.67. The average Bonchev–Trinajstić information content (AvgIpc) is 3.24. The monoisotopic (exact) mass is 262 g/mol. The molecule has 0 unspecified atom stereocenters. The molecule has 4 nitrogen and oxygen atoms in total. The van der Waals surface area contributed by atoms with Crippen LogP contribution in [0.3, 0.4) is 0 Å². The molecule has 1 aliphatic carbocycles. The number of benzene rings is 1. The number of anilines is 1. The third-order valence-corrected chi connectivity index (χ3v) is 3.55. The molecule has 0 saturated heterocycles. The number of ether oxygens (including phenoxy) is 1. The van der Waals surface area contributed by atoms with Gasteiger partial charge in [-0.1, -0.05) is 18.2 Å². The Bertz CT molecular complexity index is 430. The van der Waals surface area contributed by atoms with E-state index in [0.29, 0.717) is 12.5 Å². The van der Waals surface area contributed by atoms with Crippen LogP contribution in [0, 0.1) is 0 Å². The summed E-state index contributed by atoms with van der Waals surface area (Å²) in [7, 11) is 1.44. The number of nitrogen functional groups attached to an aromatic ring is 1. The van der Waals surface area contributed by atoms with Crippen LogP contribution in [-0.2, 0) is 16.1 Å². The van der Waals surface area contributed by atoms with Gasteiger partial charge in [0.1, 0.15) is 0 Å². The number of hydrogen-bond acceptors (Lipinski definition) is 4. The highest BCUT2D eigenvalue weighted by atomic mass is 16.5.